The highest BCUT2D eigenvalue weighted by Gasteiger charge is 1.85. The highest BCUT2D eigenvalue weighted by Crippen LogP contribution is 2.01. The fourth-order valence-electron chi connectivity index (χ4n) is 0.681. The molecule has 0 atom stereocenters. The molecule has 0 aromatic carbocycles. The van der Waals surface area contributed by atoms with Crippen molar-refractivity contribution in [2.45, 2.75) is 26.7 Å². The average molecular weight is 153 g/mol. The summed E-state index contributed by atoms with van der Waals surface area (Å²) in [5, 5.41) is 2.55. The Morgan fingerprint density at radius 3 is 2.73 bits per heavy atom. The number of hydrogen-bond acceptors (Lipinski definition) is 1. The van der Waals surface area contributed by atoms with Gasteiger partial charge in [-0.15, -0.1) is 0 Å². The molecule has 0 bridgehead atoms. The topological polar surface area (TPSA) is 29.1 Å². The van der Waals surface area contributed by atoms with E-state index in [0.717, 1.165) is 18.4 Å². The summed E-state index contributed by atoms with van der Waals surface area (Å²) in [7, 11) is 0. The molecular weight excluding hydrogens is 138 g/mol. The van der Waals surface area contributed by atoms with Gasteiger partial charge in [-0.2, -0.15) is 0 Å². The average Bonchev–Trinajstić information content (AvgIpc) is 1.87. The van der Waals surface area contributed by atoms with Crippen molar-refractivity contribution in [3.63, 3.8) is 0 Å². The lowest BCUT2D eigenvalue weighted by Gasteiger charge is -1.95. The van der Waals surface area contributed by atoms with Crippen LogP contribution in [0.15, 0.2) is 24.4 Å². The predicted octanol–water partition coefficient (Wildman–Crippen LogP) is 1.99. The van der Waals surface area contributed by atoms with Crippen molar-refractivity contribution in [3.8, 4) is 0 Å². The van der Waals surface area contributed by atoms with Crippen LogP contribution in [0.4, 0.5) is 0 Å². The van der Waals surface area contributed by atoms with Crippen molar-refractivity contribution < 1.29 is 4.79 Å². The molecule has 1 N–H and O–H groups in total. The van der Waals surface area contributed by atoms with E-state index in [1.54, 1.807) is 6.20 Å². The number of rotatable bonds is 4. The lowest BCUT2D eigenvalue weighted by atomic mass is 10.2. The van der Waals surface area contributed by atoms with Gasteiger partial charge in [0.1, 0.15) is 0 Å². The molecule has 0 saturated heterocycles. The fourth-order valence-corrected chi connectivity index (χ4v) is 0.681. The van der Waals surface area contributed by atoms with Gasteiger partial charge in [-0.25, -0.2) is 0 Å². The fraction of sp³-hybridized carbons (Fsp3) is 0.444. The van der Waals surface area contributed by atoms with Gasteiger partial charge in [0.2, 0.25) is 5.91 Å². The number of carbonyl (C=O) groups is 1. The molecular formula is C9H15NO. The van der Waals surface area contributed by atoms with Gasteiger partial charge in [-0.1, -0.05) is 25.5 Å². The van der Waals surface area contributed by atoms with Crippen molar-refractivity contribution in [2.75, 3.05) is 0 Å². The standard InChI is InChI=1S/C9H15NO/c1-4-5-8(2)6-7-10-9(3)11/h6-7H,2,4-5H2,1,3H3,(H,10,11)/b7-6-. The summed E-state index contributed by atoms with van der Waals surface area (Å²) in [6, 6.07) is 0. The molecule has 2 heteroatoms. The summed E-state index contributed by atoms with van der Waals surface area (Å²) in [6.45, 7) is 7.38. The van der Waals surface area contributed by atoms with Crippen molar-refractivity contribution >= 4 is 5.91 Å². The molecule has 0 aromatic rings. The highest BCUT2D eigenvalue weighted by molar-refractivity contribution is 5.73. The predicted molar refractivity (Wildman–Crippen MR) is 47.0 cm³/mol. The van der Waals surface area contributed by atoms with Crippen LogP contribution in [0.3, 0.4) is 0 Å². The van der Waals surface area contributed by atoms with Gasteiger partial charge in [0.25, 0.3) is 0 Å². The number of allylic oxidation sites excluding steroid dienone is 2. The number of carbonyl (C=O) groups excluding carboxylic acids is 1. The summed E-state index contributed by atoms with van der Waals surface area (Å²) < 4.78 is 0. The van der Waals surface area contributed by atoms with Gasteiger partial charge in [0.15, 0.2) is 0 Å². The smallest absolute Gasteiger partial charge is 0.220 e. The van der Waals surface area contributed by atoms with Crippen LogP contribution in [0.25, 0.3) is 0 Å². The van der Waals surface area contributed by atoms with Gasteiger partial charge in [-0.05, 0) is 12.5 Å². The molecule has 0 heterocycles. The Morgan fingerprint density at radius 1 is 1.64 bits per heavy atom. The zero-order valence-electron chi connectivity index (χ0n) is 7.18. The zero-order valence-corrected chi connectivity index (χ0v) is 7.18. The van der Waals surface area contributed by atoms with Crippen molar-refractivity contribution in [1.82, 2.24) is 5.32 Å². The van der Waals surface area contributed by atoms with Gasteiger partial charge in [0, 0.05) is 13.1 Å². The van der Waals surface area contributed by atoms with Crippen LogP contribution in [-0.2, 0) is 4.79 Å². The maximum Gasteiger partial charge on any atom is 0.220 e. The third kappa shape index (κ3) is 6.84. The van der Waals surface area contributed by atoms with E-state index >= 15 is 0 Å². The second kappa shape index (κ2) is 5.71. The molecule has 11 heavy (non-hydrogen) atoms. The SMILES string of the molecule is C=C(/C=C\NC(C)=O)CCC. The summed E-state index contributed by atoms with van der Waals surface area (Å²) >= 11 is 0. The first-order chi connectivity index (χ1) is 5.16. The minimum absolute atomic E-state index is 0.0504. The summed E-state index contributed by atoms with van der Waals surface area (Å²) in [6.07, 6.45) is 5.52. The zero-order chi connectivity index (χ0) is 8.69. The Labute approximate surface area is 68.0 Å². The molecule has 0 spiro atoms. The second-order valence-electron chi connectivity index (χ2n) is 2.44. The summed E-state index contributed by atoms with van der Waals surface area (Å²) in [5.74, 6) is -0.0504. The Kier molecular flexibility index (Phi) is 5.17. The van der Waals surface area contributed by atoms with E-state index in [1.165, 1.54) is 6.92 Å². The number of amides is 1. The van der Waals surface area contributed by atoms with Crippen molar-refractivity contribution in [1.29, 1.82) is 0 Å². The molecule has 0 fully saturated rings. The van der Waals surface area contributed by atoms with Crippen LogP contribution in [0.5, 0.6) is 0 Å². The van der Waals surface area contributed by atoms with E-state index in [1.807, 2.05) is 6.08 Å². The quantitative estimate of drug-likeness (QED) is 0.615. The first-order valence-electron chi connectivity index (χ1n) is 3.78. The molecule has 62 valence electrons. The van der Waals surface area contributed by atoms with Gasteiger partial charge >= 0.3 is 0 Å². The van der Waals surface area contributed by atoms with Gasteiger partial charge in [-0.3, -0.25) is 4.79 Å². The van der Waals surface area contributed by atoms with E-state index < -0.39 is 0 Å². The van der Waals surface area contributed by atoms with E-state index in [2.05, 4.69) is 18.8 Å². The third-order valence-corrected chi connectivity index (χ3v) is 1.18. The maximum atomic E-state index is 10.4. The van der Waals surface area contributed by atoms with Crippen molar-refractivity contribution in [2.24, 2.45) is 0 Å². The normalized spacial score (nSPS) is 10.0. The Hall–Kier alpha value is -1.05. The molecule has 0 aliphatic rings. The van der Waals surface area contributed by atoms with E-state index in [9.17, 15) is 4.79 Å². The van der Waals surface area contributed by atoms with Crippen molar-refractivity contribution in [3.05, 3.63) is 24.4 Å². The van der Waals surface area contributed by atoms with Crippen LogP contribution in [0.2, 0.25) is 0 Å². The summed E-state index contributed by atoms with van der Waals surface area (Å²) in [5.41, 5.74) is 1.04. The molecule has 0 saturated carbocycles. The minimum atomic E-state index is -0.0504. The Balaban J connectivity index is 3.56. The lowest BCUT2D eigenvalue weighted by Crippen LogP contribution is -2.11. The largest absolute Gasteiger partial charge is 0.333 e. The first-order valence-corrected chi connectivity index (χ1v) is 3.78. The minimum Gasteiger partial charge on any atom is -0.333 e. The van der Waals surface area contributed by atoms with Crippen LogP contribution < -0.4 is 5.32 Å². The van der Waals surface area contributed by atoms with Crippen LogP contribution in [0.1, 0.15) is 26.7 Å². The molecule has 1 amide bonds. The Morgan fingerprint density at radius 2 is 2.27 bits per heavy atom. The van der Waals surface area contributed by atoms with Crippen LogP contribution in [-0.4, -0.2) is 5.91 Å². The highest BCUT2D eigenvalue weighted by atomic mass is 16.1. The van der Waals surface area contributed by atoms with E-state index in [4.69, 9.17) is 0 Å². The Bertz CT molecular complexity index is 170. The first kappa shape index (κ1) is 9.95. The van der Waals surface area contributed by atoms with Crippen LogP contribution >= 0.6 is 0 Å². The maximum absolute atomic E-state index is 10.4. The monoisotopic (exact) mass is 153 g/mol. The third-order valence-electron chi connectivity index (χ3n) is 1.18. The van der Waals surface area contributed by atoms with Gasteiger partial charge in [0.05, 0.1) is 0 Å². The molecule has 2 nitrogen and oxygen atoms in total. The second-order valence-corrected chi connectivity index (χ2v) is 2.44. The molecule has 0 aliphatic carbocycles. The van der Waals surface area contributed by atoms with E-state index in [-0.39, 0.29) is 5.91 Å². The number of nitrogens with one attached hydrogen (secondary N) is 1. The molecule has 0 aromatic heterocycles. The number of hydrogen-bond donors (Lipinski definition) is 1. The van der Waals surface area contributed by atoms with Gasteiger partial charge < -0.3 is 5.32 Å². The van der Waals surface area contributed by atoms with E-state index in [0.29, 0.717) is 0 Å². The molecule has 0 unspecified atom stereocenters. The summed E-state index contributed by atoms with van der Waals surface area (Å²) in [4.78, 5) is 10.4. The molecule has 0 aliphatic heterocycles. The molecule has 0 radical (unpaired) electrons. The lowest BCUT2D eigenvalue weighted by molar-refractivity contribution is -0.118. The molecule has 0 rings (SSSR count). The van der Waals surface area contributed by atoms with Crippen LogP contribution in [0, 0.1) is 0 Å².